The molecule has 1 aromatic heterocycles. The van der Waals surface area contributed by atoms with Crippen molar-refractivity contribution >= 4 is 0 Å². The lowest BCUT2D eigenvalue weighted by Crippen LogP contribution is -2.51. The standard InChI is InChI=1S/C19H33N3O3/c1-4-16-11-18(13-21-12-16)23-15-17(20)14-22-9-7-19(8-10-22,24-5-2)25-6-3/h11-13,17H,4-10,14-15,20H2,1-3H3/t17-/m0/s1. The molecule has 2 heterocycles. The molecule has 1 aliphatic rings. The maximum Gasteiger partial charge on any atom is 0.170 e. The Morgan fingerprint density at radius 2 is 1.84 bits per heavy atom. The lowest BCUT2D eigenvalue weighted by atomic mass is 10.0. The zero-order valence-electron chi connectivity index (χ0n) is 15.9. The van der Waals surface area contributed by atoms with Gasteiger partial charge in [0.1, 0.15) is 12.4 Å². The predicted molar refractivity (Wildman–Crippen MR) is 98.7 cm³/mol. The summed E-state index contributed by atoms with van der Waals surface area (Å²) in [4.78, 5) is 6.56. The van der Waals surface area contributed by atoms with Crippen molar-refractivity contribution in [2.75, 3.05) is 39.5 Å². The fourth-order valence-corrected chi connectivity index (χ4v) is 3.26. The third-order valence-electron chi connectivity index (χ3n) is 4.57. The maximum atomic E-state index is 6.26. The van der Waals surface area contributed by atoms with Crippen molar-refractivity contribution < 1.29 is 14.2 Å². The van der Waals surface area contributed by atoms with E-state index in [1.54, 1.807) is 6.20 Å². The summed E-state index contributed by atoms with van der Waals surface area (Å²) >= 11 is 0. The number of nitrogens with two attached hydrogens (primary N) is 1. The Kier molecular flexibility index (Phi) is 8.09. The van der Waals surface area contributed by atoms with E-state index in [4.69, 9.17) is 19.9 Å². The molecule has 0 radical (unpaired) electrons. The first-order valence-corrected chi connectivity index (χ1v) is 9.43. The monoisotopic (exact) mass is 351 g/mol. The molecule has 1 aromatic rings. The summed E-state index contributed by atoms with van der Waals surface area (Å²) in [6.07, 6.45) is 6.32. The highest BCUT2D eigenvalue weighted by atomic mass is 16.7. The molecule has 6 heteroatoms. The molecule has 6 nitrogen and oxygen atoms in total. The van der Waals surface area contributed by atoms with Gasteiger partial charge in [0, 0.05) is 51.9 Å². The maximum absolute atomic E-state index is 6.26. The Bertz CT molecular complexity index is 496. The Balaban J connectivity index is 1.75. The molecule has 142 valence electrons. The van der Waals surface area contributed by atoms with Crippen LogP contribution in [0.25, 0.3) is 0 Å². The van der Waals surface area contributed by atoms with Gasteiger partial charge in [-0.15, -0.1) is 0 Å². The van der Waals surface area contributed by atoms with Crippen molar-refractivity contribution in [3.63, 3.8) is 0 Å². The van der Waals surface area contributed by atoms with Gasteiger partial charge in [-0.2, -0.15) is 0 Å². The fraction of sp³-hybridized carbons (Fsp3) is 0.737. The van der Waals surface area contributed by atoms with Crippen LogP contribution in [0.1, 0.15) is 39.2 Å². The minimum Gasteiger partial charge on any atom is -0.490 e. The largest absolute Gasteiger partial charge is 0.490 e. The van der Waals surface area contributed by atoms with Crippen LogP contribution in [0, 0.1) is 0 Å². The number of rotatable bonds is 10. The first kappa shape index (κ1) is 20.1. The van der Waals surface area contributed by atoms with Crippen LogP contribution in [0.2, 0.25) is 0 Å². The SMILES string of the molecule is CCOC1(OCC)CCN(C[C@H](N)COc2cncc(CC)c2)CC1. The molecule has 0 aromatic carbocycles. The summed E-state index contributed by atoms with van der Waals surface area (Å²) in [5.41, 5.74) is 7.43. The normalized spacial score (nSPS) is 18.9. The van der Waals surface area contributed by atoms with Gasteiger partial charge in [-0.1, -0.05) is 6.92 Å². The minimum absolute atomic E-state index is 0.0306. The van der Waals surface area contributed by atoms with Crippen molar-refractivity contribution in [2.24, 2.45) is 5.73 Å². The van der Waals surface area contributed by atoms with Crippen molar-refractivity contribution in [1.82, 2.24) is 9.88 Å². The van der Waals surface area contributed by atoms with Crippen LogP contribution in [0.5, 0.6) is 5.75 Å². The molecule has 1 atom stereocenters. The Morgan fingerprint density at radius 1 is 1.16 bits per heavy atom. The first-order valence-electron chi connectivity index (χ1n) is 9.43. The van der Waals surface area contributed by atoms with Gasteiger partial charge in [-0.05, 0) is 31.9 Å². The second-order valence-electron chi connectivity index (χ2n) is 6.53. The van der Waals surface area contributed by atoms with Gasteiger partial charge in [0.05, 0.1) is 12.2 Å². The number of ether oxygens (including phenoxy) is 3. The van der Waals surface area contributed by atoms with Crippen molar-refractivity contribution in [3.05, 3.63) is 24.0 Å². The van der Waals surface area contributed by atoms with Crippen molar-refractivity contribution in [2.45, 2.75) is 51.9 Å². The van der Waals surface area contributed by atoms with Gasteiger partial charge in [0.15, 0.2) is 5.79 Å². The van der Waals surface area contributed by atoms with Crippen molar-refractivity contribution in [3.8, 4) is 5.75 Å². The molecule has 2 N–H and O–H groups in total. The summed E-state index contributed by atoms with van der Waals surface area (Å²) in [6, 6.07) is 2.00. The highest BCUT2D eigenvalue weighted by Gasteiger charge is 2.36. The van der Waals surface area contributed by atoms with Crippen LogP contribution < -0.4 is 10.5 Å². The number of hydrogen-bond acceptors (Lipinski definition) is 6. The summed E-state index contributed by atoms with van der Waals surface area (Å²) in [6.45, 7) is 10.7. The predicted octanol–water partition coefficient (Wildman–Crippen LogP) is 2.22. The zero-order chi connectivity index (χ0) is 18.1. The van der Waals surface area contributed by atoms with Crippen LogP contribution >= 0.6 is 0 Å². The number of likely N-dealkylation sites (tertiary alicyclic amines) is 1. The second kappa shape index (κ2) is 10.1. The molecule has 1 saturated heterocycles. The lowest BCUT2D eigenvalue weighted by molar-refractivity contribution is -0.253. The van der Waals surface area contributed by atoms with Gasteiger partial charge < -0.3 is 24.8 Å². The highest BCUT2D eigenvalue weighted by molar-refractivity contribution is 5.23. The molecule has 0 amide bonds. The Labute approximate surface area is 151 Å². The molecule has 2 rings (SSSR count). The van der Waals surface area contributed by atoms with E-state index in [1.165, 1.54) is 5.56 Å². The Morgan fingerprint density at radius 3 is 2.44 bits per heavy atom. The molecule has 0 bridgehead atoms. The molecule has 0 spiro atoms. The van der Waals surface area contributed by atoms with E-state index >= 15 is 0 Å². The van der Waals surface area contributed by atoms with Gasteiger partial charge in [0.25, 0.3) is 0 Å². The van der Waals surface area contributed by atoms with Crippen LogP contribution in [0.15, 0.2) is 18.5 Å². The average Bonchev–Trinajstić information content (AvgIpc) is 2.63. The van der Waals surface area contributed by atoms with E-state index in [9.17, 15) is 0 Å². The zero-order valence-corrected chi connectivity index (χ0v) is 15.9. The first-order chi connectivity index (χ1) is 12.1. The van der Waals surface area contributed by atoms with Crippen LogP contribution in [0.3, 0.4) is 0 Å². The van der Waals surface area contributed by atoms with Crippen LogP contribution in [0.4, 0.5) is 0 Å². The lowest BCUT2D eigenvalue weighted by Gasteiger charge is -2.41. The number of aromatic nitrogens is 1. The fourth-order valence-electron chi connectivity index (χ4n) is 3.26. The molecular formula is C19H33N3O3. The third-order valence-corrected chi connectivity index (χ3v) is 4.57. The van der Waals surface area contributed by atoms with E-state index in [2.05, 4.69) is 16.8 Å². The van der Waals surface area contributed by atoms with Gasteiger partial charge >= 0.3 is 0 Å². The number of piperidine rings is 1. The molecular weight excluding hydrogens is 318 g/mol. The summed E-state index contributed by atoms with van der Waals surface area (Å²) in [7, 11) is 0. The molecule has 0 unspecified atom stereocenters. The quantitative estimate of drug-likeness (QED) is 0.652. The van der Waals surface area contributed by atoms with Crippen LogP contribution in [-0.2, 0) is 15.9 Å². The summed E-state index contributed by atoms with van der Waals surface area (Å²) in [5.74, 6) is 0.382. The molecule has 1 fully saturated rings. The topological polar surface area (TPSA) is 69.8 Å². The third kappa shape index (κ3) is 6.22. The molecule has 0 saturated carbocycles. The number of nitrogens with zero attached hydrogens (tertiary/aromatic N) is 2. The number of pyridine rings is 1. The number of hydrogen-bond donors (Lipinski definition) is 1. The summed E-state index contributed by atoms with van der Waals surface area (Å²) < 4.78 is 17.6. The van der Waals surface area contributed by atoms with E-state index in [0.717, 1.165) is 44.6 Å². The number of aryl methyl sites for hydroxylation is 1. The van der Waals surface area contributed by atoms with Gasteiger partial charge in [0.2, 0.25) is 0 Å². The van der Waals surface area contributed by atoms with Crippen molar-refractivity contribution in [1.29, 1.82) is 0 Å². The molecule has 1 aliphatic heterocycles. The van der Waals surface area contributed by atoms with E-state index in [-0.39, 0.29) is 6.04 Å². The van der Waals surface area contributed by atoms with Crippen LogP contribution in [-0.4, -0.2) is 61.2 Å². The van der Waals surface area contributed by atoms with Gasteiger partial charge in [-0.3, -0.25) is 4.98 Å². The Hall–Kier alpha value is -1.21. The second-order valence-corrected chi connectivity index (χ2v) is 6.53. The molecule has 25 heavy (non-hydrogen) atoms. The van der Waals surface area contributed by atoms with E-state index in [0.29, 0.717) is 19.8 Å². The average molecular weight is 351 g/mol. The van der Waals surface area contributed by atoms with Gasteiger partial charge in [-0.25, -0.2) is 0 Å². The summed E-state index contributed by atoms with van der Waals surface area (Å²) in [5, 5.41) is 0. The molecule has 0 aliphatic carbocycles. The minimum atomic E-state index is -0.410. The highest BCUT2D eigenvalue weighted by Crippen LogP contribution is 2.27. The smallest absolute Gasteiger partial charge is 0.170 e. The van der Waals surface area contributed by atoms with E-state index in [1.807, 2.05) is 26.1 Å². The van der Waals surface area contributed by atoms with E-state index < -0.39 is 5.79 Å².